The van der Waals surface area contributed by atoms with Crippen LogP contribution in [0, 0.1) is 11.8 Å². The first-order valence-corrected chi connectivity index (χ1v) is 8.04. The lowest BCUT2D eigenvalue weighted by Gasteiger charge is -2.33. The highest BCUT2D eigenvalue weighted by molar-refractivity contribution is 6.00. The molecule has 2 aromatic rings. The Hall–Kier alpha value is -2.42. The van der Waals surface area contributed by atoms with Crippen LogP contribution in [0.4, 0.5) is 0 Å². The summed E-state index contributed by atoms with van der Waals surface area (Å²) in [6.45, 7) is 0. The van der Waals surface area contributed by atoms with Gasteiger partial charge in [-0.05, 0) is 30.7 Å². The molecule has 1 N–H and O–H groups in total. The van der Waals surface area contributed by atoms with Crippen LogP contribution in [-0.4, -0.2) is 16.9 Å². The van der Waals surface area contributed by atoms with Gasteiger partial charge in [-0.25, -0.2) is 0 Å². The predicted molar refractivity (Wildman–Crippen MR) is 88.4 cm³/mol. The summed E-state index contributed by atoms with van der Waals surface area (Å²) in [5, 5.41) is 9.62. The zero-order valence-corrected chi connectivity index (χ0v) is 12.9. The number of Topliss-reactive ketones (excluding diaryl/α,β-unsaturated/α-hetero) is 1. The Morgan fingerprint density at radius 3 is 2.04 bits per heavy atom. The molecule has 2 aromatic carbocycles. The minimum atomic E-state index is -0.861. The van der Waals surface area contributed by atoms with Gasteiger partial charge < -0.3 is 5.11 Å². The highest BCUT2D eigenvalue weighted by Crippen LogP contribution is 2.41. The SMILES string of the molecule is O=C(O)C1CC(c2ccccc2)CCC1C(=O)c1ccccc1. The molecule has 0 spiro atoms. The van der Waals surface area contributed by atoms with Crippen molar-refractivity contribution >= 4 is 11.8 Å². The summed E-state index contributed by atoms with van der Waals surface area (Å²) in [6.07, 6.45) is 2.02. The Kier molecular flexibility index (Phi) is 4.56. The van der Waals surface area contributed by atoms with Gasteiger partial charge in [0.25, 0.3) is 0 Å². The van der Waals surface area contributed by atoms with E-state index in [9.17, 15) is 14.7 Å². The summed E-state index contributed by atoms with van der Waals surface area (Å²) in [7, 11) is 0. The number of carboxylic acids is 1. The standard InChI is InChI=1S/C20H20O3/c21-19(15-9-5-2-6-10-15)17-12-11-16(13-18(17)20(22)23)14-7-3-1-4-8-14/h1-10,16-18H,11-13H2,(H,22,23). The number of hydrogen-bond acceptors (Lipinski definition) is 2. The zero-order chi connectivity index (χ0) is 16.2. The molecule has 3 nitrogen and oxygen atoms in total. The van der Waals surface area contributed by atoms with Crippen LogP contribution in [0.1, 0.15) is 41.1 Å². The summed E-state index contributed by atoms with van der Waals surface area (Å²) in [5.41, 5.74) is 1.78. The van der Waals surface area contributed by atoms with Gasteiger partial charge in [-0.1, -0.05) is 60.7 Å². The lowest BCUT2D eigenvalue weighted by atomic mass is 9.69. The molecule has 3 unspecified atom stereocenters. The number of carboxylic acid groups (broad SMARTS) is 1. The van der Waals surface area contributed by atoms with Crippen molar-refractivity contribution in [3.05, 3.63) is 71.8 Å². The zero-order valence-electron chi connectivity index (χ0n) is 12.9. The normalized spacial score (nSPS) is 24.1. The fraction of sp³-hybridized carbons (Fsp3) is 0.300. The molecule has 1 fully saturated rings. The number of carbonyl (C=O) groups excluding carboxylic acids is 1. The van der Waals surface area contributed by atoms with E-state index in [2.05, 4.69) is 0 Å². The van der Waals surface area contributed by atoms with Gasteiger partial charge in [0.05, 0.1) is 5.92 Å². The fourth-order valence-corrected chi connectivity index (χ4v) is 3.60. The van der Waals surface area contributed by atoms with E-state index in [1.165, 1.54) is 5.56 Å². The lowest BCUT2D eigenvalue weighted by molar-refractivity contribution is -0.144. The summed E-state index contributed by atoms with van der Waals surface area (Å²) in [4.78, 5) is 24.4. The van der Waals surface area contributed by atoms with E-state index in [0.717, 1.165) is 6.42 Å². The van der Waals surface area contributed by atoms with Crippen molar-refractivity contribution in [3.63, 3.8) is 0 Å². The first-order valence-electron chi connectivity index (χ1n) is 8.04. The molecule has 3 rings (SSSR count). The third-order valence-corrected chi connectivity index (χ3v) is 4.83. The van der Waals surface area contributed by atoms with Crippen molar-refractivity contribution in [2.75, 3.05) is 0 Å². The van der Waals surface area contributed by atoms with E-state index < -0.39 is 17.8 Å². The number of aliphatic carboxylic acids is 1. The average Bonchev–Trinajstić information content (AvgIpc) is 2.62. The Morgan fingerprint density at radius 1 is 0.826 bits per heavy atom. The molecule has 0 amide bonds. The van der Waals surface area contributed by atoms with Crippen molar-refractivity contribution in [3.8, 4) is 0 Å². The quantitative estimate of drug-likeness (QED) is 0.863. The average molecular weight is 308 g/mol. The summed E-state index contributed by atoms with van der Waals surface area (Å²) < 4.78 is 0. The molecule has 1 saturated carbocycles. The van der Waals surface area contributed by atoms with E-state index in [4.69, 9.17) is 0 Å². The molecule has 23 heavy (non-hydrogen) atoms. The third kappa shape index (κ3) is 3.34. The predicted octanol–water partition coefficient (Wildman–Crippen LogP) is 4.15. The van der Waals surface area contributed by atoms with Gasteiger partial charge in [-0.2, -0.15) is 0 Å². The Labute approximate surface area is 136 Å². The molecule has 0 saturated heterocycles. The van der Waals surface area contributed by atoms with E-state index >= 15 is 0 Å². The van der Waals surface area contributed by atoms with Crippen molar-refractivity contribution in [1.29, 1.82) is 0 Å². The van der Waals surface area contributed by atoms with Crippen molar-refractivity contribution < 1.29 is 14.7 Å². The topological polar surface area (TPSA) is 54.4 Å². The van der Waals surface area contributed by atoms with Crippen molar-refractivity contribution in [2.24, 2.45) is 11.8 Å². The van der Waals surface area contributed by atoms with Gasteiger partial charge in [0.1, 0.15) is 0 Å². The smallest absolute Gasteiger partial charge is 0.307 e. The van der Waals surface area contributed by atoms with Gasteiger partial charge >= 0.3 is 5.97 Å². The van der Waals surface area contributed by atoms with Crippen LogP contribution in [0.3, 0.4) is 0 Å². The highest BCUT2D eigenvalue weighted by atomic mass is 16.4. The molecular formula is C20H20O3. The second kappa shape index (κ2) is 6.78. The Morgan fingerprint density at radius 2 is 1.43 bits per heavy atom. The van der Waals surface area contributed by atoms with Crippen LogP contribution in [0.2, 0.25) is 0 Å². The first-order chi connectivity index (χ1) is 11.2. The third-order valence-electron chi connectivity index (χ3n) is 4.83. The number of ketones is 1. The second-order valence-corrected chi connectivity index (χ2v) is 6.20. The van der Waals surface area contributed by atoms with Crippen LogP contribution in [-0.2, 0) is 4.79 Å². The van der Waals surface area contributed by atoms with E-state index in [-0.39, 0.29) is 11.7 Å². The minimum absolute atomic E-state index is 0.0375. The van der Waals surface area contributed by atoms with Crippen LogP contribution in [0.25, 0.3) is 0 Å². The van der Waals surface area contributed by atoms with Crippen LogP contribution in [0.5, 0.6) is 0 Å². The summed E-state index contributed by atoms with van der Waals surface area (Å²) in [6, 6.07) is 19.0. The van der Waals surface area contributed by atoms with Crippen LogP contribution >= 0.6 is 0 Å². The molecule has 0 radical (unpaired) electrons. The van der Waals surface area contributed by atoms with E-state index in [1.54, 1.807) is 12.1 Å². The Balaban J connectivity index is 1.81. The number of benzene rings is 2. The molecule has 3 atom stereocenters. The van der Waals surface area contributed by atoms with Gasteiger partial charge in [0.15, 0.2) is 5.78 Å². The molecule has 0 aliphatic heterocycles. The second-order valence-electron chi connectivity index (χ2n) is 6.20. The number of carbonyl (C=O) groups is 2. The minimum Gasteiger partial charge on any atom is -0.481 e. The van der Waals surface area contributed by atoms with E-state index in [1.807, 2.05) is 48.5 Å². The summed E-state index contributed by atoms with van der Waals surface area (Å²) in [5.74, 6) is -1.71. The fourth-order valence-electron chi connectivity index (χ4n) is 3.60. The molecule has 1 aliphatic carbocycles. The number of hydrogen-bond donors (Lipinski definition) is 1. The maximum absolute atomic E-state index is 12.7. The highest BCUT2D eigenvalue weighted by Gasteiger charge is 2.39. The van der Waals surface area contributed by atoms with Gasteiger partial charge in [0, 0.05) is 11.5 Å². The molecule has 1 aliphatic rings. The molecule has 0 bridgehead atoms. The van der Waals surface area contributed by atoms with Crippen molar-refractivity contribution in [1.82, 2.24) is 0 Å². The largest absolute Gasteiger partial charge is 0.481 e. The molecule has 3 heteroatoms. The maximum Gasteiger partial charge on any atom is 0.307 e. The molecule has 118 valence electrons. The van der Waals surface area contributed by atoms with Crippen LogP contribution in [0.15, 0.2) is 60.7 Å². The number of rotatable bonds is 4. The van der Waals surface area contributed by atoms with Crippen LogP contribution < -0.4 is 0 Å². The maximum atomic E-state index is 12.7. The van der Waals surface area contributed by atoms with Gasteiger partial charge in [0.2, 0.25) is 0 Å². The molecule has 0 heterocycles. The summed E-state index contributed by atoms with van der Waals surface area (Å²) >= 11 is 0. The molecular weight excluding hydrogens is 288 g/mol. The molecule has 0 aromatic heterocycles. The van der Waals surface area contributed by atoms with E-state index in [0.29, 0.717) is 18.4 Å². The van der Waals surface area contributed by atoms with Gasteiger partial charge in [-0.15, -0.1) is 0 Å². The first kappa shape index (κ1) is 15.5. The lowest BCUT2D eigenvalue weighted by Crippen LogP contribution is -2.35. The van der Waals surface area contributed by atoms with Crippen molar-refractivity contribution in [2.45, 2.75) is 25.2 Å². The van der Waals surface area contributed by atoms with Gasteiger partial charge in [-0.3, -0.25) is 9.59 Å². The monoisotopic (exact) mass is 308 g/mol. The Bertz CT molecular complexity index is 679.